The van der Waals surface area contributed by atoms with E-state index in [1.165, 1.54) is 4.90 Å². The molecule has 0 spiro atoms. The Morgan fingerprint density at radius 1 is 1.19 bits per heavy atom. The molecule has 0 fully saturated rings. The largest absolute Gasteiger partial charge is 0.311 e. The minimum atomic E-state index is -0.274. The first kappa shape index (κ1) is 11.7. The standard InChI is InChI=1S/C12H11N3O/c13-8-4-10-15(12(16)7-9-14)11-5-2-1-3-6-11/h1-3,5-6H,4,7,10H2. The monoisotopic (exact) mass is 213 g/mol. The van der Waals surface area contributed by atoms with Crippen molar-refractivity contribution in [1.29, 1.82) is 10.5 Å². The SMILES string of the molecule is N#CCCN(C(=O)CC#N)c1ccccc1. The summed E-state index contributed by atoms with van der Waals surface area (Å²) in [5.74, 6) is -0.274. The van der Waals surface area contributed by atoms with Crippen LogP contribution in [0.4, 0.5) is 5.69 Å². The smallest absolute Gasteiger partial charge is 0.241 e. The van der Waals surface area contributed by atoms with E-state index in [1.54, 1.807) is 12.1 Å². The molecule has 0 N–H and O–H groups in total. The lowest BCUT2D eigenvalue weighted by Gasteiger charge is -2.20. The van der Waals surface area contributed by atoms with E-state index in [0.29, 0.717) is 6.54 Å². The van der Waals surface area contributed by atoms with Crippen LogP contribution in [0.2, 0.25) is 0 Å². The van der Waals surface area contributed by atoms with Crippen LogP contribution in [0.3, 0.4) is 0 Å². The fourth-order valence-electron chi connectivity index (χ4n) is 1.33. The number of nitrogens with zero attached hydrogens (tertiary/aromatic N) is 3. The Bertz CT molecular complexity index is 428. The summed E-state index contributed by atoms with van der Waals surface area (Å²) >= 11 is 0. The Kier molecular flexibility index (Phi) is 4.56. The highest BCUT2D eigenvalue weighted by Gasteiger charge is 2.14. The second-order valence-electron chi connectivity index (χ2n) is 3.12. The number of hydrogen-bond acceptors (Lipinski definition) is 3. The lowest BCUT2D eigenvalue weighted by molar-refractivity contribution is -0.117. The van der Waals surface area contributed by atoms with Crippen LogP contribution in [-0.4, -0.2) is 12.5 Å². The number of anilines is 1. The third kappa shape index (κ3) is 3.11. The number of benzene rings is 1. The van der Waals surface area contributed by atoms with Crippen molar-refractivity contribution >= 4 is 11.6 Å². The van der Waals surface area contributed by atoms with Crippen LogP contribution >= 0.6 is 0 Å². The molecule has 1 amide bonds. The summed E-state index contributed by atoms with van der Waals surface area (Å²) in [6.07, 6.45) is 0.0897. The summed E-state index contributed by atoms with van der Waals surface area (Å²) in [5.41, 5.74) is 0.720. The predicted molar refractivity (Wildman–Crippen MR) is 59.3 cm³/mol. The van der Waals surface area contributed by atoms with Gasteiger partial charge in [0.05, 0.1) is 18.6 Å². The van der Waals surface area contributed by atoms with E-state index >= 15 is 0 Å². The van der Waals surface area contributed by atoms with Crippen molar-refractivity contribution in [3.63, 3.8) is 0 Å². The molecule has 0 radical (unpaired) electrons. The van der Waals surface area contributed by atoms with E-state index < -0.39 is 0 Å². The Morgan fingerprint density at radius 2 is 1.88 bits per heavy atom. The highest BCUT2D eigenvalue weighted by atomic mass is 16.2. The normalized spacial score (nSPS) is 8.88. The Balaban J connectivity index is 2.84. The molecule has 1 aromatic rings. The highest BCUT2D eigenvalue weighted by molar-refractivity contribution is 5.94. The molecule has 0 saturated carbocycles. The first-order valence-electron chi connectivity index (χ1n) is 4.89. The van der Waals surface area contributed by atoms with E-state index in [9.17, 15) is 4.79 Å². The predicted octanol–water partition coefficient (Wildman–Crippen LogP) is 1.85. The van der Waals surface area contributed by atoms with Gasteiger partial charge in [-0.1, -0.05) is 18.2 Å². The molecule has 0 aliphatic carbocycles. The lowest BCUT2D eigenvalue weighted by Crippen LogP contribution is -2.31. The number of carbonyl (C=O) groups is 1. The van der Waals surface area contributed by atoms with Gasteiger partial charge in [0.1, 0.15) is 6.42 Å². The van der Waals surface area contributed by atoms with Crippen LogP contribution in [0.25, 0.3) is 0 Å². The minimum Gasteiger partial charge on any atom is -0.311 e. The summed E-state index contributed by atoms with van der Waals surface area (Å²) in [7, 11) is 0. The molecule has 1 rings (SSSR count). The molecule has 0 aliphatic heterocycles. The molecule has 0 aliphatic rings. The molecule has 0 saturated heterocycles. The lowest BCUT2D eigenvalue weighted by atomic mass is 10.2. The summed E-state index contributed by atoms with van der Waals surface area (Å²) in [6.45, 7) is 0.320. The van der Waals surface area contributed by atoms with E-state index in [-0.39, 0.29) is 18.7 Å². The van der Waals surface area contributed by atoms with Crippen LogP contribution in [0.15, 0.2) is 30.3 Å². The van der Waals surface area contributed by atoms with Crippen LogP contribution in [-0.2, 0) is 4.79 Å². The van der Waals surface area contributed by atoms with E-state index in [2.05, 4.69) is 0 Å². The molecule has 4 heteroatoms. The summed E-state index contributed by atoms with van der Waals surface area (Å²) in [6, 6.07) is 12.9. The number of hydrogen-bond donors (Lipinski definition) is 0. The van der Waals surface area contributed by atoms with Gasteiger partial charge in [0.15, 0.2) is 0 Å². The van der Waals surface area contributed by atoms with Crippen molar-refractivity contribution in [1.82, 2.24) is 0 Å². The van der Waals surface area contributed by atoms with Gasteiger partial charge in [0, 0.05) is 12.2 Å². The first-order chi connectivity index (χ1) is 7.79. The fourth-order valence-corrected chi connectivity index (χ4v) is 1.33. The number of amides is 1. The van der Waals surface area contributed by atoms with Gasteiger partial charge in [0.25, 0.3) is 0 Å². The van der Waals surface area contributed by atoms with Gasteiger partial charge in [0.2, 0.25) is 5.91 Å². The van der Waals surface area contributed by atoms with E-state index in [1.807, 2.05) is 30.3 Å². The van der Waals surface area contributed by atoms with Crippen LogP contribution in [0.1, 0.15) is 12.8 Å². The maximum absolute atomic E-state index is 11.6. The molecule has 0 unspecified atom stereocenters. The van der Waals surface area contributed by atoms with Crippen LogP contribution in [0.5, 0.6) is 0 Å². The topological polar surface area (TPSA) is 67.9 Å². The Hall–Kier alpha value is -2.33. The van der Waals surface area contributed by atoms with Crippen molar-refractivity contribution in [2.24, 2.45) is 0 Å². The molecule has 80 valence electrons. The van der Waals surface area contributed by atoms with Crippen LogP contribution < -0.4 is 4.90 Å². The molecule has 1 aromatic carbocycles. The fraction of sp³-hybridized carbons (Fsp3) is 0.250. The summed E-state index contributed by atoms with van der Waals surface area (Å²) in [5, 5.41) is 17.0. The molecule has 0 aromatic heterocycles. The van der Waals surface area contributed by atoms with Crippen molar-refractivity contribution in [2.75, 3.05) is 11.4 Å². The number of rotatable bonds is 4. The second-order valence-corrected chi connectivity index (χ2v) is 3.12. The Labute approximate surface area is 94.3 Å². The van der Waals surface area contributed by atoms with Gasteiger partial charge >= 0.3 is 0 Å². The van der Waals surface area contributed by atoms with Gasteiger partial charge in [-0.05, 0) is 12.1 Å². The number of carbonyl (C=O) groups excluding carboxylic acids is 1. The third-order valence-electron chi connectivity index (χ3n) is 2.05. The average molecular weight is 213 g/mol. The van der Waals surface area contributed by atoms with Gasteiger partial charge in [-0.3, -0.25) is 4.79 Å². The summed E-state index contributed by atoms with van der Waals surface area (Å²) in [4.78, 5) is 13.1. The highest BCUT2D eigenvalue weighted by Crippen LogP contribution is 2.14. The zero-order chi connectivity index (χ0) is 11.8. The zero-order valence-electron chi connectivity index (χ0n) is 8.76. The van der Waals surface area contributed by atoms with Crippen molar-refractivity contribution < 1.29 is 4.79 Å². The van der Waals surface area contributed by atoms with Gasteiger partial charge < -0.3 is 4.90 Å². The molecule has 0 heterocycles. The zero-order valence-corrected chi connectivity index (χ0v) is 8.76. The second kappa shape index (κ2) is 6.21. The van der Waals surface area contributed by atoms with Gasteiger partial charge in [-0.25, -0.2) is 0 Å². The number of para-hydroxylation sites is 1. The average Bonchev–Trinajstić information content (AvgIpc) is 2.31. The maximum Gasteiger partial charge on any atom is 0.241 e. The van der Waals surface area contributed by atoms with Gasteiger partial charge in [-0.15, -0.1) is 0 Å². The molecular formula is C12H11N3O. The van der Waals surface area contributed by atoms with Crippen molar-refractivity contribution in [2.45, 2.75) is 12.8 Å². The maximum atomic E-state index is 11.6. The van der Waals surface area contributed by atoms with Crippen molar-refractivity contribution in [3.8, 4) is 12.1 Å². The molecule has 0 atom stereocenters. The van der Waals surface area contributed by atoms with Crippen LogP contribution in [0, 0.1) is 22.7 Å². The molecular weight excluding hydrogens is 202 g/mol. The Morgan fingerprint density at radius 3 is 2.44 bits per heavy atom. The van der Waals surface area contributed by atoms with Crippen molar-refractivity contribution in [3.05, 3.63) is 30.3 Å². The molecule has 16 heavy (non-hydrogen) atoms. The quantitative estimate of drug-likeness (QED) is 0.766. The van der Waals surface area contributed by atoms with E-state index in [4.69, 9.17) is 10.5 Å². The van der Waals surface area contributed by atoms with Gasteiger partial charge in [-0.2, -0.15) is 10.5 Å². The summed E-state index contributed by atoms with van der Waals surface area (Å²) < 4.78 is 0. The van der Waals surface area contributed by atoms with E-state index in [0.717, 1.165) is 5.69 Å². The first-order valence-corrected chi connectivity index (χ1v) is 4.89. The molecule has 0 bridgehead atoms. The number of nitriles is 2. The third-order valence-corrected chi connectivity index (χ3v) is 2.05. The molecule has 4 nitrogen and oxygen atoms in total. The minimum absolute atomic E-state index is 0.166.